The second kappa shape index (κ2) is 8.33. The zero-order valence-electron chi connectivity index (χ0n) is 13.5. The molecule has 1 heterocycles. The van der Waals surface area contributed by atoms with Crippen LogP contribution in [0.5, 0.6) is 0 Å². The van der Waals surface area contributed by atoms with Crippen LogP contribution in [0.1, 0.15) is 38.6 Å². The fourth-order valence-electron chi connectivity index (χ4n) is 2.24. The van der Waals surface area contributed by atoms with Crippen molar-refractivity contribution < 1.29 is 14.3 Å². The van der Waals surface area contributed by atoms with E-state index in [0.29, 0.717) is 18.1 Å². The van der Waals surface area contributed by atoms with Crippen LogP contribution < -0.4 is 10.6 Å². The Hall–Kier alpha value is -2.34. The molecule has 2 amide bonds. The van der Waals surface area contributed by atoms with Crippen molar-refractivity contribution >= 4 is 6.03 Å². The Bertz CT molecular complexity index is 613. The molecular weight excluding hydrogens is 294 g/mol. The Labute approximate surface area is 135 Å². The van der Waals surface area contributed by atoms with Gasteiger partial charge in [0.05, 0.1) is 6.20 Å². The van der Waals surface area contributed by atoms with E-state index in [1.165, 1.54) is 0 Å². The van der Waals surface area contributed by atoms with Gasteiger partial charge in [0.15, 0.2) is 5.76 Å². The summed E-state index contributed by atoms with van der Waals surface area (Å²) in [5.41, 5.74) is 0.942. The van der Waals surface area contributed by atoms with Crippen LogP contribution in [0.4, 0.5) is 4.79 Å². The Kier molecular flexibility index (Phi) is 6.17. The van der Waals surface area contributed by atoms with Gasteiger partial charge in [0.2, 0.25) is 5.89 Å². The van der Waals surface area contributed by atoms with Gasteiger partial charge in [-0.1, -0.05) is 37.3 Å². The molecule has 2 aromatic rings. The van der Waals surface area contributed by atoms with Crippen LogP contribution in [-0.2, 0) is 0 Å². The van der Waals surface area contributed by atoms with Crippen molar-refractivity contribution in [1.29, 1.82) is 0 Å². The summed E-state index contributed by atoms with van der Waals surface area (Å²) in [6, 6.07) is 8.99. The van der Waals surface area contributed by atoms with Crippen molar-refractivity contribution in [3.05, 3.63) is 42.4 Å². The van der Waals surface area contributed by atoms with Crippen LogP contribution in [0, 0.1) is 0 Å². The van der Waals surface area contributed by atoms with E-state index in [9.17, 15) is 4.79 Å². The number of aliphatic hydroxyl groups is 1. The number of amides is 2. The molecule has 0 fully saturated rings. The first-order chi connectivity index (χ1) is 11.1. The van der Waals surface area contributed by atoms with Gasteiger partial charge in [-0.3, -0.25) is 0 Å². The lowest BCUT2D eigenvalue weighted by atomic mass is 10.1. The zero-order chi connectivity index (χ0) is 16.7. The zero-order valence-corrected chi connectivity index (χ0v) is 13.5. The van der Waals surface area contributed by atoms with Crippen molar-refractivity contribution in [2.24, 2.45) is 0 Å². The monoisotopic (exact) mass is 317 g/mol. The van der Waals surface area contributed by atoms with E-state index in [2.05, 4.69) is 15.6 Å². The summed E-state index contributed by atoms with van der Waals surface area (Å²) < 4.78 is 5.72. The fourth-order valence-corrected chi connectivity index (χ4v) is 2.24. The molecular formula is C17H23N3O3. The van der Waals surface area contributed by atoms with E-state index < -0.39 is 0 Å². The molecule has 0 aliphatic rings. The number of rotatable bonds is 7. The van der Waals surface area contributed by atoms with Crippen LogP contribution in [0.2, 0.25) is 0 Å². The molecule has 3 N–H and O–H groups in total. The number of carbonyl (C=O) groups is 1. The molecule has 0 aliphatic heterocycles. The summed E-state index contributed by atoms with van der Waals surface area (Å²) in [4.78, 5) is 16.2. The van der Waals surface area contributed by atoms with Gasteiger partial charge in [0.25, 0.3) is 0 Å². The second-order valence-corrected chi connectivity index (χ2v) is 5.39. The highest BCUT2D eigenvalue weighted by Gasteiger charge is 2.17. The van der Waals surface area contributed by atoms with E-state index in [0.717, 1.165) is 12.0 Å². The molecule has 0 saturated heterocycles. The third-order valence-corrected chi connectivity index (χ3v) is 3.61. The first kappa shape index (κ1) is 17.0. The highest BCUT2D eigenvalue weighted by atomic mass is 16.4. The normalized spacial score (nSPS) is 13.3. The third kappa shape index (κ3) is 4.82. The summed E-state index contributed by atoms with van der Waals surface area (Å²) in [5, 5.41) is 14.6. The number of aromatic nitrogens is 1. The first-order valence-electron chi connectivity index (χ1n) is 7.83. The average Bonchev–Trinajstić information content (AvgIpc) is 3.05. The standard InChI is InChI=1S/C17H23N3O3/c1-3-14(9-10-21)20-17(22)19-12(2)16-18-11-15(23-16)13-7-5-4-6-8-13/h4-8,11-12,14,21H,3,9-10H2,1-2H3,(H2,19,20,22). The van der Waals surface area contributed by atoms with Gasteiger partial charge in [-0.2, -0.15) is 0 Å². The number of hydrogen-bond acceptors (Lipinski definition) is 4. The van der Waals surface area contributed by atoms with Crippen LogP contribution in [0.25, 0.3) is 11.3 Å². The average molecular weight is 317 g/mol. The molecule has 124 valence electrons. The topological polar surface area (TPSA) is 87.4 Å². The number of carbonyl (C=O) groups excluding carboxylic acids is 1. The lowest BCUT2D eigenvalue weighted by Gasteiger charge is -2.18. The van der Waals surface area contributed by atoms with Crippen molar-refractivity contribution in [1.82, 2.24) is 15.6 Å². The van der Waals surface area contributed by atoms with Gasteiger partial charge in [0.1, 0.15) is 6.04 Å². The van der Waals surface area contributed by atoms with E-state index in [4.69, 9.17) is 9.52 Å². The summed E-state index contributed by atoms with van der Waals surface area (Å²) >= 11 is 0. The Balaban J connectivity index is 1.94. The van der Waals surface area contributed by atoms with E-state index >= 15 is 0 Å². The van der Waals surface area contributed by atoms with Gasteiger partial charge < -0.3 is 20.2 Å². The van der Waals surface area contributed by atoms with Crippen LogP contribution in [-0.4, -0.2) is 28.8 Å². The maximum Gasteiger partial charge on any atom is 0.315 e. The van der Waals surface area contributed by atoms with Gasteiger partial charge in [0, 0.05) is 18.2 Å². The fraction of sp³-hybridized carbons (Fsp3) is 0.412. The quantitative estimate of drug-likeness (QED) is 0.733. The minimum Gasteiger partial charge on any atom is -0.438 e. The van der Waals surface area contributed by atoms with Gasteiger partial charge in [-0.15, -0.1) is 0 Å². The Morgan fingerprint density at radius 3 is 2.70 bits per heavy atom. The number of urea groups is 1. The minimum atomic E-state index is -0.348. The highest BCUT2D eigenvalue weighted by Crippen LogP contribution is 2.22. The lowest BCUT2D eigenvalue weighted by molar-refractivity contribution is 0.223. The molecule has 2 atom stereocenters. The molecule has 0 bridgehead atoms. The van der Waals surface area contributed by atoms with Gasteiger partial charge in [-0.05, 0) is 19.8 Å². The maximum absolute atomic E-state index is 12.0. The predicted octanol–water partition coefficient (Wildman–Crippen LogP) is 2.86. The molecule has 0 aliphatic carbocycles. The summed E-state index contributed by atoms with van der Waals surface area (Å²) in [7, 11) is 0. The molecule has 6 heteroatoms. The molecule has 23 heavy (non-hydrogen) atoms. The molecule has 1 aromatic heterocycles. The maximum atomic E-state index is 12.0. The van der Waals surface area contributed by atoms with E-state index in [1.807, 2.05) is 44.2 Å². The molecule has 0 saturated carbocycles. The number of benzene rings is 1. The van der Waals surface area contributed by atoms with Crippen molar-refractivity contribution in [2.45, 2.75) is 38.8 Å². The van der Waals surface area contributed by atoms with Gasteiger partial charge in [-0.25, -0.2) is 9.78 Å². The van der Waals surface area contributed by atoms with Crippen LogP contribution >= 0.6 is 0 Å². The number of aliphatic hydroxyl groups excluding tert-OH is 1. The summed E-state index contributed by atoms with van der Waals surface area (Å²) in [6.45, 7) is 3.83. The molecule has 0 spiro atoms. The van der Waals surface area contributed by atoms with Gasteiger partial charge >= 0.3 is 6.03 Å². The molecule has 2 unspecified atom stereocenters. The summed E-state index contributed by atoms with van der Waals surface area (Å²) in [6.07, 6.45) is 2.95. The highest BCUT2D eigenvalue weighted by molar-refractivity contribution is 5.74. The van der Waals surface area contributed by atoms with Crippen LogP contribution in [0.15, 0.2) is 40.9 Å². The van der Waals surface area contributed by atoms with E-state index in [1.54, 1.807) is 6.20 Å². The summed E-state index contributed by atoms with van der Waals surface area (Å²) in [5.74, 6) is 1.12. The molecule has 1 aromatic carbocycles. The molecule has 2 rings (SSSR count). The minimum absolute atomic E-state index is 0.0448. The number of hydrogen-bond donors (Lipinski definition) is 3. The predicted molar refractivity (Wildman–Crippen MR) is 87.8 cm³/mol. The number of nitrogens with one attached hydrogen (secondary N) is 2. The first-order valence-corrected chi connectivity index (χ1v) is 7.83. The number of nitrogens with zero attached hydrogens (tertiary/aromatic N) is 1. The van der Waals surface area contributed by atoms with E-state index in [-0.39, 0.29) is 24.7 Å². The van der Waals surface area contributed by atoms with Crippen molar-refractivity contribution in [3.8, 4) is 11.3 Å². The Morgan fingerprint density at radius 1 is 1.30 bits per heavy atom. The van der Waals surface area contributed by atoms with Crippen molar-refractivity contribution in [2.75, 3.05) is 6.61 Å². The largest absolute Gasteiger partial charge is 0.438 e. The second-order valence-electron chi connectivity index (χ2n) is 5.39. The smallest absolute Gasteiger partial charge is 0.315 e. The molecule has 0 radical (unpaired) electrons. The lowest BCUT2D eigenvalue weighted by Crippen LogP contribution is -2.43. The third-order valence-electron chi connectivity index (χ3n) is 3.61. The molecule has 6 nitrogen and oxygen atoms in total. The number of oxazole rings is 1. The van der Waals surface area contributed by atoms with Crippen molar-refractivity contribution in [3.63, 3.8) is 0 Å². The Morgan fingerprint density at radius 2 is 2.04 bits per heavy atom. The van der Waals surface area contributed by atoms with Crippen LogP contribution in [0.3, 0.4) is 0 Å². The SMILES string of the molecule is CCC(CCO)NC(=O)NC(C)c1ncc(-c2ccccc2)o1.